The number of hydrogen-bond donors (Lipinski definition) is 3. The van der Waals surface area contributed by atoms with E-state index in [-0.39, 0.29) is 17.0 Å². The van der Waals surface area contributed by atoms with Crippen LogP contribution in [-0.4, -0.2) is 22.9 Å². The van der Waals surface area contributed by atoms with Crippen molar-refractivity contribution in [2.45, 2.75) is 10.1 Å². The van der Waals surface area contributed by atoms with E-state index in [1.54, 1.807) is 42.5 Å². The summed E-state index contributed by atoms with van der Waals surface area (Å²) in [6.07, 6.45) is 0. The zero-order valence-corrected chi connectivity index (χ0v) is 23.7. The Labute approximate surface area is 252 Å². The number of hydrogen-bond acceptors (Lipinski definition) is 4. The number of carboxylic acids is 1. The first-order valence-corrected chi connectivity index (χ1v) is 14.5. The van der Waals surface area contributed by atoms with Crippen molar-refractivity contribution in [3.63, 3.8) is 0 Å². The Kier molecular flexibility index (Phi) is 7.89. The van der Waals surface area contributed by atoms with E-state index in [1.165, 1.54) is 17.8 Å². The Hall–Kier alpha value is -5.40. The van der Waals surface area contributed by atoms with Gasteiger partial charge in [0.25, 0.3) is 5.91 Å². The van der Waals surface area contributed by atoms with Gasteiger partial charge >= 0.3 is 5.97 Å². The highest BCUT2D eigenvalue weighted by Gasteiger charge is 2.23. The Morgan fingerprint density at radius 3 is 1.93 bits per heavy atom. The molecule has 0 saturated carbocycles. The summed E-state index contributed by atoms with van der Waals surface area (Å²) in [6, 6.07) is 40.8. The summed E-state index contributed by atoms with van der Waals surface area (Å²) < 4.78 is 0. The van der Waals surface area contributed by atoms with Crippen LogP contribution in [0.3, 0.4) is 0 Å². The van der Waals surface area contributed by atoms with Crippen LogP contribution >= 0.6 is 11.8 Å². The van der Waals surface area contributed by atoms with E-state index < -0.39 is 17.1 Å². The summed E-state index contributed by atoms with van der Waals surface area (Å²) in [4.78, 5) is 39.5. The molecule has 3 N–H and O–H groups in total. The molecule has 2 amide bonds. The molecule has 0 heterocycles. The molecule has 0 bridgehead atoms. The summed E-state index contributed by atoms with van der Waals surface area (Å²) in [6.45, 7) is 0. The minimum absolute atomic E-state index is 0.0731. The highest BCUT2D eigenvalue weighted by molar-refractivity contribution is 8.00. The van der Waals surface area contributed by atoms with Crippen LogP contribution in [-0.2, 0) is 4.79 Å². The van der Waals surface area contributed by atoms with E-state index in [1.807, 2.05) is 84.9 Å². The van der Waals surface area contributed by atoms with Crippen LogP contribution in [0.2, 0.25) is 0 Å². The van der Waals surface area contributed by atoms with Crippen LogP contribution in [0.15, 0.2) is 138 Å². The van der Waals surface area contributed by atoms with Crippen molar-refractivity contribution in [3.8, 4) is 0 Å². The molecule has 210 valence electrons. The van der Waals surface area contributed by atoms with Crippen molar-refractivity contribution in [1.29, 1.82) is 0 Å². The molecule has 0 radical (unpaired) electrons. The molecule has 7 heteroatoms. The molecule has 0 aliphatic rings. The molecule has 6 rings (SSSR count). The van der Waals surface area contributed by atoms with Gasteiger partial charge in [-0.05, 0) is 70.3 Å². The maximum Gasteiger partial charge on any atom is 0.336 e. The van der Waals surface area contributed by atoms with Gasteiger partial charge in [0, 0.05) is 27.2 Å². The SMILES string of the molecule is O=C(O)c1cccc2cccc(C(=O)Nc3ccc(SC(C(=O)Nc4ccc5ccccc5c4)c4ccccc4)cc3)c12. The van der Waals surface area contributed by atoms with Gasteiger partial charge in [0.15, 0.2) is 0 Å². The third kappa shape index (κ3) is 6.12. The van der Waals surface area contributed by atoms with Crippen LogP contribution in [0.5, 0.6) is 0 Å². The van der Waals surface area contributed by atoms with Crippen LogP contribution in [0.4, 0.5) is 11.4 Å². The molecule has 0 aromatic heterocycles. The second-order valence-corrected chi connectivity index (χ2v) is 11.1. The van der Waals surface area contributed by atoms with Gasteiger partial charge in [0.1, 0.15) is 5.25 Å². The van der Waals surface area contributed by atoms with Crippen molar-refractivity contribution in [3.05, 3.63) is 150 Å². The fraction of sp³-hybridized carbons (Fsp3) is 0.0278. The van der Waals surface area contributed by atoms with E-state index in [2.05, 4.69) is 10.6 Å². The molecule has 0 fully saturated rings. The van der Waals surface area contributed by atoms with E-state index in [0.29, 0.717) is 16.5 Å². The van der Waals surface area contributed by atoms with Gasteiger partial charge in [0.05, 0.1) is 5.56 Å². The minimum Gasteiger partial charge on any atom is -0.478 e. The number of carbonyl (C=O) groups excluding carboxylic acids is 2. The topological polar surface area (TPSA) is 95.5 Å². The number of rotatable bonds is 8. The maximum absolute atomic E-state index is 13.6. The number of thioether (sulfide) groups is 1. The normalized spacial score (nSPS) is 11.6. The van der Waals surface area contributed by atoms with Gasteiger partial charge in [-0.3, -0.25) is 9.59 Å². The Bertz CT molecular complexity index is 1970. The second kappa shape index (κ2) is 12.2. The van der Waals surface area contributed by atoms with Crippen LogP contribution in [0.1, 0.15) is 31.5 Å². The summed E-state index contributed by atoms with van der Waals surface area (Å²) >= 11 is 1.41. The smallest absolute Gasteiger partial charge is 0.336 e. The number of fused-ring (bicyclic) bond motifs is 2. The van der Waals surface area contributed by atoms with Gasteiger partial charge in [-0.25, -0.2) is 4.79 Å². The third-order valence-corrected chi connectivity index (χ3v) is 8.37. The predicted octanol–water partition coefficient (Wildman–Crippen LogP) is 8.42. The van der Waals surface area contributed by atoms with Gasteiger partial charge in [-0.2, -0.15) is 0 Å². The van der Waals surface area contributed by atoms with E-state index in [0.717, 1.165) is 26.9 Å². The van der Waals surface area contributed by atoms with Crippen LogP contribution in [0.25, 0.3) is 21.5 Å². The van der Waals surface area contributed by atoms with Gasteiger partial charge in [0.2, 0.25) is 5.91 Å². The molecule has 1 unspecified atom stereocenters. The van der Waals surface area contributed by atoms with Crippen molar-refractivity contribution >= 4 is 62.5 Å². The third-order valence-electron chi connectivity index (χ3n) is 7.10. The van der Waals surface area contributed by atoms with Crippen molar-refractivity contribution in [2.24, 2.45) is 0 Å². The van der Waals surface area contributed by atoms with Crippen molar-refractivity contribution in [1.82, 2.24) is 0 Å². The molecular weight excluding hydrogens is 556 g/mol. The number of aromatic carboxylic acids is 1. The fourth-order valence-electron chi connectivity index (χ4n) is 5.04. The second-order valence-electron chi connectivity index (χ2n) is 9.95. The lowest BCUT2D eigenvalue weighted by atomic mass is 9.98. The average molecular weight is 583 g/mol. The van der Waals surface area contributed by atoms with E-state index in [4.69, 9.17) is 0 Å². The molecule has 0 saturated heterocycles. The highest BCUT2D eigenvalue weighted by atomic mass is 32.2. The number of nitrogens with one attached hydrogen (secondary N) is 2. The van der Waals surface area contributed by atoms with Crippen molar-refractivity contribution in [2.75, 3.05) is 10.6 Å². The number of carboxylic acid groups (broad SMARTS) is 1. The Balaban J connectivity index is 1.21. The van der Waals surface area contributed by atoms with Gasteiger partial charge in [-0.1, -0.05) is 84.9 Å². The lowest BCUT2D eigenvalue weighted by Gasteiger charge is -2.18. The number of benzene rings is 6. The fourth-order valence-corrected chi connectivity index (χ4v) is 6.06. The number of anilines is 2. The molecule has 0 aliphatic carbocycles. The summed E-state index contributed by atoms with van der Waals surface area (Å²) in [5.74, 6) is -1.64. The monoisotopic (exact) mass is 582 g/mol. The first kappa shape index (κ1) is 27.8. The van der Waals surface area contributed by atoms with Crippen molar-refractivity contribution < 1.29 is 19.5 Å². The van der Waals surface area contributed by atoms with E-state index in [9.17, 15) is 19.5 Å². The zero-order valence-electron chi connectivity index (χ0n) is 22.9. The predicted molar refractivity (Wildman–Crippen MR) is 173 cm³/mol. The average Bonchev–Trinajstić information content (AvgIpc) is 3.04. The number of carbonyl (C=O) groups is 3. The lowest BCUT2D eigenvalue weighted by Crippen LogP contribution is -2.19. The maximum atomic E-state index is 13.6. The lowest BCUT2D eigenvalue weighted by molar-refractivity contribution is -0.115. The van der Waals surface area contributed by atoms with Gasteiger partial charge in [-0.15, -0.1) is 11.8 Å². The van der Waals surface area contributed by atoms with Gasteiger partial charge < -0.3 is 15.7 Å². The highest BCUT2D eigenvalue weighted by Crippen LogP contribution is 2.37. The van der Waals surface area contributed by atoms with Crippen LogP contribution in [0, 0.1) is 0 Å². The minimum atomic E-state index is -1.09. The Morgan fingerprint density at radius 1 is 0.581 bits per heavy atom. The first-order valence-electron chi connectivity index (χ1n) is 13.6. The molecule has 6 aromatic carbocycles. The molecular formula is C36H26N2O4S. The standard InChI is InChI=1S/C36H26N2O4S/c39-34(30-14-6-12-24-13-7-15-31(32(24)30)36(41)42)37-27-18-20-29(21-19-27)43-33(25-9-2-1-3-10-25)35(40)38-28-17-16-23-8-4-5-11-26(23)22-28/h1-22,33H,(H,37,39)(H,38,40)(H,41,42). The molecule has 6 aromatic rings. The van der Waals surface area contributed by atoms with E-state index >= 15 is 0 Å². The van der Waals surface area contributed by atoms with Crippen LogP contribution < -0.4 is 10.6 Å². The largest absolute Gasteiger partial charge is 0.478 e. The molecule has 1 atom stereocenters. The molecule has 0 aliphatic heterocycles. The quantitative estimate of drug-likeness (QED) is 0.157. The Morgan fingerprint density at radius 2 is 1.21 bits per heavy atom. The number of amides is 2. The molecule has 0 spiro atoms. The summed E-state index contributed by atoms with van der Waals surface area (Å²) in [5, 5.41) is 18.3. The summed E-state index contributed by atoms with van der Waals surface area (Å²) in [7, 11) is 0. The zero-order chi connectivity index (χ0) is 29.8. The molecule has 6 nitrogen and oxygen atoms in total. The first-order chi connectivity index (χ1) is 21.0. The summed E-state index contributed by atoms with van der Waals surface area (Å²) in [5.41, 5.74) is 2.50. The molecule has 43 heavy (non-hydrogen) atoms.